The summed E-state index contributed by atoms with van der Waals surface area (Å²) in [5, 5.41) is 8.54. The highest BCUT2D eigenvalue weighted by Crippen LogP contribution is 2.38. The highest BCUT2D eigenvalue weighted by molar-refractivity contribution is 5.97. The molecule has 0 bridgehead atoms. The monoisotopic (exact) mass is 394 g/mol. The molecule has 1 amide bonds. The van der Waals surface area contributed by atoms with Crippen LogP contribution in [0.15, 0.2) is 30.6 Å². The van der Waals surface area contributed by atoms with E-state index in [0.29, 0.717) is 17.5 Å². The highest BCUT2D eigenvalue weighted by Gasteiger charge is 2.32. The molecule has 2 saturated carbocycles. The molecule has 2 aliphatic carbocycles. The summed E-state index contributed by atoms with van der Waals surface area (Å²) in [4.78, 5) is 15.2. The van der Waals surface area contributed by atoms with Crippen molar-refractivity contribution in [2.75, 3.05) is 13.1 Å². The Balaban J connectivity index is 1.24. The van der Waals surface area contributed by atoms with Crippen LogP contribution in [0, 0.1) is 0 Å². The molecule has 29 heavy (non-hydrogen) atoms. The van der Waals surface area contributed by atoms with E-state index in [0.717, 1.165) is 50.3 Å². The number of hydrogen-bond donors (Lipinski definition) is 0. The van der Waals surface area contributed by atoms with E-state index < -0.39 is 0 Å². The minimum atomic E-state index is 0.0959. The number of para-hydroxylation sites is 1. The van der Waals surface area contributed by atoms with Crippen LogP contribution < -0.4 is 4.74 Å². The summed E-state index contributed by atoms with van der Waals surface area (Å²) < 4.78 is 8.52. The molecule has 3 aliphatic rings. The lowest BCUT2D eigenvalue weighted by atomic mass is 9.95. The first-order valence-corrected chi connectivity index (χ1v) is 11.2. The second-order valence-electron chi connectivity index (χ2n) is 8.77. The molecule has 0 atom stereocenters. The molecule has 0 spiro atoms. The fourth-order valence-corrected chi connectivity index (χ4v) is 4.80. The molecule has 6 heteroatoms. The summed E-state index contributed by atoms with van der Waals surface area (Å²) >= 11 is 0. The van der Waals surface area contributed by atoms with Gasteiger partial charge in [-0.2, -0.15) is 0 Å². The van der Waals surface area contributed by atoms with Gasteiger partial charge >= 0.3 is 0 Å². The van der Waals surface area contributed by atoms with Crippen LogP contribution in [0.1, 0.15) is 85.9 Å². The van der Waals surface area contributed by atoms with Crippen molar-refractivity contribution in [2.45, 2.75) is 75.9 Å². The summed E-state index contributed by atoms with van der Waals surface area (Å²) in [6.45, 7) is 1.53. The predicted octanol–water partition coefficient (Wildman–Crippen LogP) is 4.34. The number of carbonyl (C=O) groups excluding carboxylic acids is 1. The van der Waals surface area contributed by atoms with Gasteiger partial charge < -0.3 is 14.2 Å². The Bertz CT molecular complexity index is 846. The van der Waals surface area contributed by atoms with Crippen LogP contribution in [0.4, 0.5) is 0 Å². The first kappa shape index (κ1) is 18.6. The van der Waals surface area contributed by atoms with Crippen LogP contribution in [-0.4, -0.2) is 44.8 Å². The molecular formula is C23H30N4O2. The number of aromatic nitrogens is 3. The van der Waals surface area contributed by atoms with Crippen LogP contribution >= 0.6 is 0 Å². The molecule has 2 aromatic rings. The SMILES string of the molecule is O=C(c1ccccc1OC1CCCCC1)N1CCC(c2nncn2C2CC2)CC1. The van der Waals surface area contributed by atoms with Gasteiger partial charge in [0.05, 0.1) is 11.7 Å². The van der Waals surface area contributed by atoms with Gasteiger partial charge in [-0.25, -0.2) is 0 Å². The van der Waals surface area contributed by atoms with Gasteiger partial charge in [0.25, 0.3) is 5.91 Å². The van der Waals surface area contributed by atoms with Crippen LogP contribution in [-0.2, 0) is 0 Å². The molecule has 0 N–H and O–H groups in total. The molecular weight excluding hydrogens is 364 g/mol. The Morgan fingerprint density at radius 3 is 2.48 bits per heavy atom. The molecule has 1 saturated heterocycles. The van der Waals surface area contributed by atoms with Crippen molar-refractivity contribution in [3.63, 3.8) is 0 Å². The van der Waals surface area contributed by atoms with Gasteiger partial charge in [0, 0.05) is 25.0 Å². The summed E-state index contributed by atoms with van der Waals surface area (Å²) in [7, 11) is 0. The van der Waals surface area contributed by atoms with Crippen LogP contribution in [0.25, 0.3) is 0 Å². The molecule has 0 radical (unpaired) electrons. The van der Waals surface area contributed by atoms with Gasteiger partial charge in [-0.15, -0.1) is 10.2 Å². The maximum atomic E-state index is 13.3. The molecule has 1 aromatic heterocycles. The van der Waals surface area contributed by atoms with Crippen LogP contribution in [0.5, 0.6) is 5.75 Å². The topological polar surface area (TPSA) is 60.2 Å². The second-order valence-corrected chi connectivity index (χ2v) is 8.77. The van der Waals surface area contributed by atoms with Crippen molar-refractivity contribution >= 4 is 5.91 Å². The molecule has 154 valence electrons. The number of likely N-dealkylation sites (tertiary alicyclic amines) is 1. The van der Waals surface area contributed by atoms with Gasteiger partial charge in [-0.1, -0.05) is 18.6 Å². The highest BCUT2D eigenvalue weighted by atomic mass is 16.5. The zero-order valence-electron chi connectivity index (χ0n) is 17.0. The lowest BCUT2D eigenvalue weighted by Crippen LogP contribution is -2.38. The number of ether oxygens (including phenoxy) is 1. The molecule has 1 aliphatic heterocycles. The third-order valence-electron chi connectivity index (χ3n) is 6.65. The van der Waals surface area contributed by atoms with Crippen LogP contribution in [0.2, 0.25) is 0 Å². The first-order chi connectivity index (χ1) is 14.3. The fourth-order valence-electron chi connectivity index (χ4n) is 4.80. The predicted molar refractivity (Wildman–Crippen MR) is 110 cm³/mol. The van der Waals surface area contributed by atoms with Crippen molar-refractivity contribution in [1.29, 1.82) is 0 Å². The first-order valence-electron chi connectivity index (χ1n) is 11.2. The minimum Gasteiger partial charge on any atom is -0.490 e. The van der Waals surface area contributed by atoms with Gasteiger partial charge in [0.2, 0.25) is 0 Å². The summed E-state index contributed by atoms with van der Waals surface area (Å²) in [6.07, 6.45) is 12.4. The third kappa shape index (κ3) is 4.02. The second kappa shape index (κ2) is 8.17. The quantitative estimate of drug-likeness (QED) is 0.757. The minimum absolute atomic E-state index is 0.0959. The normalized spacial score (nSPS) is 21.3. The number of nitrogens with zero attached hydrogens (tertiary/aromatic N) is 4. The van der Waals surface area contributed by atoms with E-state index in [9.17, 15) is 4.79 Å². The van der Waals surface area contributed by atoms with Crippen LogP contribution in [0.3, 0.4) is 0 Å². The van der Waals surface area contributed by atoms with E-state index in [-0.39, 0.29) is 12.0 Å². The average Bonchev–Trinajstić information content (AvgIpc) is 3.51. The molecule has 6 nitrogen and oxygen atoms in total. The zero-order chi connectivity index (χ0) is 19.6. The third-order valence-corrected chi connectivity index (χ3v) is 6.65. The van der Waals surface area contributed by atoms with Crippen molar-refractivity contribution < 1.29 is 9.53 Å². The lowest BCUT2D eigenvalue weighted by molar-refractivity contribution is 0.0700. The summed E-state index contributed by atoms with van der Waals surface area (Å²) in [5.41, 5.74) is 0.706. The number of benzene rings is 1. The Morgan fingerprint density at radius 1 is 0.966 bits per heavy atom. The van der Waals surface area contributed by atoms with E-state index >= 15 is 0 Å². The van der Waals surface area contributed by atoms with Crippen molar-refractivity contribution in [3.05, 3.63) is 42.0 Å². The zero-order valence-corrected chi connectivity index (χ0v) is 17.0. The smallest absolute Gasteiger partial charge is 0.257 e. The Labute approximate surface area is 172 Å². The molecule has 2 heterocycles. The summed E-state index contributed by atoms with van der Waals surface area (Å²) in [5.74, 6) is 2.36. The Morgan fingerprint density at radius 2 is 1.72 bits per heavy atom. The van der Waals surface area contributed by atoms with Gasteiger partial charge in [0.1, 0.15) is 17.9 Å². The standard InChI is InChI=1S/C23H30N4O2/c28-23(20-8-4-5-9-21(20)29-19-6-2-1-3-7-19)26-14-12-17(13-15-26)22-25-24-16-27(22)18-10-11-18/h4-5,8-9,16-19H,1-3,6-7,10-15H2. The van der Waals surface area contributed by atoms with Gasteiger partial charge in [0.15, 0.2) is 0 Å². The van der Waals surface area contributed by atoms with E-state index in [2.05, 4.69) is 14.8 Å². The number of amides is 1. The number of carbonyl (C=O) groups is 1. The number of rotatable bonds is 5. The van der Waals surface area contributed by atoms with Crippen molar-refractivity contribution in [2.24, 2.45) is 0 Å². The number of piperidine rings is 1. The van der Waals surface area contributed by atoms with E-state index in [1.165, 1.54) is 32.1 Å². The molecule has 3 fully saturated rings. The van der Waals surface area contributed by atoms with Gasteiger partial charge in [-0.3, -0.25) is 4.79 Å². The number of hydrogen-bond acceptors (Lipinski definition) is 4. The maximum absolute atomic E-state index is 13.3. The Kier molecular flexibility index (Phi) is 5.25. The van der Waals surface area contributed by atoms with Gasteiger partial charge in [-0.05, 0) is 63.5 Å². The lowest BCUT2D eigenvalue weighted by Gasteiger charge is -2.32. The van der Waals surface area contributed by atoms with E-state index in [1.807, 2.05) is 35.5 Å². The molecule has 1 aromatic carbocycles. The molecule has 5 rings (SSSR count). The Hall–Kier alpha value is -2.37. The molecule has 0 unspecified atom stereocenters. The summed E-state index contributed by atoms with van der Waals surface area (Å²) in [6, 6.07) is 8.37. The van der Waals surface area contributed by atoms with E-state index in [1.54, 1.807) is 0 Å². The largest absolute Gasteiger partial charge is 0.490 e. The maximum Gasteiger partial charge on any atom is 0.257 e. The van der Waals surface area contributed by atoms with E-state index in [4.69, 9.17) is 4.74 Å². The average molecular weight is 395 g/mol. The fraction of sp³-hybridized carbons (Fsp3) is 0.609. The van der Waals surface area contributed by atoms with Crippen molar-refractivity contribution in [3.8, 4) is 5.75 Å². The van der Waals surface area contributed by atoms with Crippen molar-refractivity contribution in [1.82, 2.24) is 19.7 Å².